The Labute approximate surface area is 179 Å². The van der Waals surface area contributed by atoms with Crippen LogP contribution in [0.5, 0.6) is 11.5 Å². The summed E-state index contributed by atoms with van der Waals surface area (Å²) >= 11 is 0. The topological polar surface area (TPSA) is 46.7 Å². The smallest absolute Gasteiger partial charge is 0.172 e. The molecule has 152 valence electrons. The zero-order valence-corrected chi connectivity index (χ0v) is 17.0. The number of hydrogen-bond acceptors (Lipinski definition) is 5. The maximum atomic E-state index is 6.22. The van der Waals surface area contributed by atoms with Crippen molar-refractivity contribution in [2.45, 2.75) is 0 Å². The van der Waals surface area contributed by atoms with E-state index in [1.54, 1.807) is 12.5 Å². The zero-order valence-electron chi connectivity index (χ0n) is 17.0. The van der Waals surface area contributed by atoms with E-state index in [2.05, 4.69) is 58.3 Å². The van der Waals surface area contributed by atoms with E-state index >= 15 is 0 Å². The Hall–Kier alpha value is -4.19. The lowest BCUT2D eigenvalue weighted by atomic mass is 10.2. The molecule has 0 amide bonds. The van der Waals surface area contributed by atoms with Crippen LogP contribution in [0.2, 0.25) is 0 Å². The fourth-order valence-electron chi connectivity index (χ4n) is 4.09. The van der Waals surface area contributed by atoms with Gasteiger partial charge in [-0.05, 0) is 36.4 Å². The average molecular weight is 408 g/mol. The Morgan fingerprint density at radius 1 is 0.839 bits per heavy atom. The molecular weight excluding hydrogens is 388 g/mol. The van der Waals surface area contributed by atoms with Gasteiger partial charge in [0.25, 0.3) is 0 Å². The Morgan fingerprint density at radius 2 is 1.58 bits per heavy atom. The molecule has 0 spiro atoms. The molecule has 0 N–H and O–H groups in total. The number of para-hydroxylation sites is 2. The van der Waals surface area contributed by atoms with Crippen LogP contribution >= 0.6 is 0 Å². The molecule has 0 fully saturated rings. The number of aromatic nitrogens is 2. The van der Waals surface area contributed by atoms with Crippen molar-refractivity contribution >= 4 is 28.2 Å². The Kier molecular flexibility index (Phi) is 3.96. The number of benzene rings is 3. The highest BCUT2D eigenvalue weighted by Gasteiger charge is 2.24. The van der Waals surface area contributed by atoms with Crippen LogP contribution < -0.4 is 14.5 Å². The maximum Gasteiger partial charge on any atom is 0.172 e. The largest absolute Gasteiger partial charge is 0.461 e. The third kappa shape index (κ3) is 3.00. The molecule has 6 heteroatoms. The summed E-state index contributed by atoms with van der Waals surface area (Å²) in [5.74, 6) is 1.54. The van der Waals surface area contributed by atoms with Crippen LogP contribution in [0, 0.1) is 0 Å². The minimum atomic E-state index is 0.751. The van der Waals surface area contributed by atoms with Crippen molar-refractivity contribution in [1.82, 2.24) is 9.78 Å². The summed E-state index contributed by atoms with van der Waals surface area (Å²) in [5.41, 5.74) is 6.13. The molecule has 0 aliphatic carbocycles. The van der Waals surface area contributed by atoms with Crippen LogP contribution in [0.1, 0.15) is 0 Å². The highest BCUT2D eigenvalue weighted by atomic mass is 16.5. The summed E-state index contributed by atoms with van der Waals surface area (Å²) in [6.45, 7) is 0.804. The van der Waals surface area contributed by atoms with Gasteiger partial charge in [-0.2, -0.15) is 5.10 Å². The molecule has 0 unspecified atom stereocenters. The lowest BCUT2D eigenvalue weighted by Gasteiger charge is -2.20. The van der Waals surface area contributed by atoms with Gasteiger partial charge in [0.05, 0.1) is 36.2 Å². The van der Waals surface area contributed by atoms with Gasteiger partial charge < -0.3 is 19.0 Å². The molecule has 1 aliphatic heterocycles. The summed E-state index contributed by atoms with van der Waals surface area (Å²) in [7, 11) is 2.11. The third-order valence-electron chi connectivity index (χ3n) is 5.56. The molecule has 0 saturated carbocycles. The molecule has 6 nitrogen and oxygen atoms in total. The van der Waals surface area contributed by atoms with Gasteiger partial charge in [0, 0.05) is 30.9 Å². The van der Waals surface area contributed by atoms with Crippen LogP contribution in [0.4, 0.5) is 17.1 Å². The molecular formula is C25H20N4O2. The molecule has 3 heterocycles. The first-order chi connectivity index (χ1) is 15.3. The van der Waals surface area contributed by atoms with Crippen LogP contribution in [-0.4, -0.2) is 23.5 Å². The van der Waals surface area contributed by atoms with E-state index in [1.165, 1.54) is 11.4 Å². The van der Waals surface area contributed by atoms with Crippen molar-refractivity contribution in [1.29, 1.82) is 0 Å². The molecule has 0 saturated heterocycles. The summed E-state index contributed by atoms with van der Waals surface area (Å²) in [6.07, 6.45) is 3.39. The van der Waals surface area contributed by atoms with Crippen LogP contribution in [0.15, 0.2) is 95.7 Å². The first-order valence-electron chi connectivity index (χ1n) is 10.1. The number of hydrogen-bond donors (Lipinski definition) is 0. The minimum absolute atomic E-state index is 0.751. The van der Waals surface area contributed by atoms with Gasteiger partial charge in [-0.1, -0.05) is 24.3 Å². The third-order valence-corrected chi connectivity index (χ3v) is 5.56. The van der Waals surface area contributed by atoms with E-state index in [1.807, 2.05) is 47.1 Å². The normalized spacial score (nSPS) is 13.1. The second-order valence-corrected chi connectivity index (χ2v) is 7.58. The summed E-state index contributed by atoms with van der Waals surface area (Å²) in [4.78, 5) is 4.53. The first kappa shape index (κ1) is 17.7. The maximum absolute atomic E-state index is 6.22. The number of ether oxygens (including phenoxy) is 1. The van der Waals surface area contributed by atoms with Crippen molar-refractivity contribution in [3.8, 4) is 17.2 Å². The van der Waals surface area contributed by atoms with Gasteiger partial charge in [0.15, 0.2) is 5.58 Å². The Balaban J connectivity index is 1.30. The second kappa shape index (κ2) is 6.95. The minimum Gasteiger partial charge on any atom is -0.461 e. The van der Waals surface area contributed by atoms with Crippen LogP contribution in [0.25, 0.3) is 16.8 Å². The number of rotatable bonds is 4. The lowest BCUT2D eigenvalue weighted by molar-refractivity contribution is 0.482. The van der Waals surface area contributed by atoms with Crippen LogP contribution in [-0.2, 0) is 0 Å². The summed E-state index contributed by atoms with van der Waals surface area (Å²) in [6, 6.07) is 26.4. The van der Waals surface area contributed by atoms with Gasteiger partial charge in [0.1, 0.15) is 17.0 Å². The second-order valence-electron chi connectivity index (χ2n) is 7.58. The molecule has 31 heavy (non-hydrogen) atoms. The Morgan fingerprint density at radius 3 is 2.42 bits per heavy atom. The van der Waals surface area contributed by atoms with E-state index in [0.717, 1.165) is 40.6 Å². The average Bonchev–Trinajstić information content (AvgIpc) is 3.49. The standard InChI is InChI=1S/C25H20N4O2/c1-27-17-28(23-11-3-2-10-22(23)27)18-6-4-8-20(14-18)31-21-9-5-7-19(15-21)29-24-12-13-30-25(24)16-26-29/h2-16H,17H2,1H3. The molecule has 5 aromatic rings. The van der Waals surface area contributed by atoms with Crippen molar-refractivity contribution in [2.75, 3.05) is 23.5 Å². The molecule has 0 atom stereocenters. The lowest BCUT2D eigenvalue weighted by Crippen LogP contribution is -2.23. The van der Waals surface area contributed by atoms with E-state index < -0.39 is 0 Å². The SMILES string of the molecule is CN1CN(c2cccc(Oc3cccc(-n4ncc5occc54)c3)c2)c2ccccc21. The van der Waals surface area contributed by atoms with Crippen molar-refractivity contribution < 1.29 is 9.15 Å². The molecule has 2 aromatic heterocycles. The van der Waals surface area contributed by atoms with E-state index in [0.29, 0.717) is 0 Å². The molecule has 1 aliphatic rings. The van der Waals surface area contributed by atoms with Crippen molar-refractivity contribution in [3.63, 3.8) is 0 Å². The highest BCUT2D eigenvalue weighted by molar-refractivity contribution is 5.82. The predicted molar refractivity (Wildman–Crippen MR) is 122 cm³/mol. The fourth-order valence-corrected chi connectivity index (χ4v) is 4.09. The number of furan rings is 1. The Bertz CT molecular complexity index is 1390. The van der Waals surface area contributed by atoms with E-state index in [-0.39, 0.29) is 0 Å². The monoisotopic (exact) mass is 408 g/mol. The first-order valence-corrected chi connectivity index (χ1v) is 10.1. The van der Waals surface area contributed by atoms with Crippen molar-refractivity contribution in [3.05, 3.63) is 91.3 Å². The van der Waals surface area contributed by atoms with Crippen LogP contribution in [0.3, 0.4) is 0 Å². The van der Waals surface area contributed by atoms with E-state index in [9.17, 15) is 0 Å². The molecule has 6 rings (SSSR count). The molecule has 0 bridgehead atoms. The van der Waals surface area contributed by atoms with Gasteiger partial charge in [-0.3, -0.25) is 0 Å². The predicted octanol–water partition coefficient (Wildman–Crippen LogP) is 5.96. The van der Waals surface area contributed by atoms with Crippen molar-refractivity contribution in [2.24, 2.45) is 0 Å². The summed E-state index contributed by atoms with van der Waals surface area (Å²) < 4.78 is 13.5. The number of fused-ring (bicyclic) bond motifs is 2. The highest BCUT2D eigenvalue weighted by Crippen LogP contribution is 2.40. The van der Waals surface area contributed by atoms with Gasteiger partial charge in [-0.15, -0.1) is 0 Å². The quantitative estimate of drug-likeness (QED) is 0.367. The summed E-state index contributed by atoms with van der Waals surface area (Å²) in [5, 5.41) is 4.42. The van der Waals surface area contributed by atoms with Gasteiger partial charge in [0.2, 0.25) is 0 Å². The van der Waals surface area contributed by atoms with Gasteiger partial charge in [-0.25, -0.2) is 4.68 Å². The number of anilines is 3. The molecule has 3 aromatic carbocycles. The molecule has 0 radical (unpaired) electrons. The van der Waals surface area contributed by atoms with E-state index in [4.69, 9.17) is 9.15 Å². The zero-order chi connectivity index (χ0) is 20.8. The van der Waals surface area contributed by atoms with Gasteiger partial charge >= 0.3 is 0 Å². The fraction of sp³-hybridized carbons (Fsp3) is 0.0800. The number of nitrogens with zero attached hydrogens (tertiary/aromatic N) is 4.